The second-order valence-corrected chi connectivity index (χ2v) is 9.53. The molecule has 0 aliphatic carbocycles. The summed E-state index contributed by atoms with van der Waals surface area (Å²) in [6, 6.07) is 0. The number of aromatic nitrogens is 2. The van der Waals surface area contributed by atoms with E-state index in [1.807, 2.05) is 0 Å². The topological polar surface area (TPSA) is 67.8 Å². The summed E-state index contributed by atoms with van der Waals surface area (Å²) < 4.78 is 11.2. The normalized spacial score (nSPS) is 26.1. The average molecular weight is 395 g/mol. The summed E-state index contributed by atoms with van der Waals surface area (Å²) in [7, 11) is 0. The second kappa shape index (κ2) is 8.01. The standard InChI is InChI=1S/C19H30N4O3S/c1-14(2)11-16-20-21-18(27-16)23-5-3-19(4-6-23)12-15(26-17(19)24)13-22-7-9-25-10-8-22/h14-15H,3-13H2,1-2H3. The molecule has 3 aliphatic heterocycles. The molecule has 0 aromatic carbocycles. The van der Waals surface area contributed by atoms with E-state index in [4.69, 9.17) is 9.47 Å². The summed E-state index contributed by atoms with van der Waals surface area (Å²) in [5.74, 6) is 0.602. The maximum absolute atomic E-state index is 12.7. The molecule has 3 fully saturated rings. The van der Waals surface area contributed by atoms with Crippen LogP contribution in [0.3, 0.4) is 0 Å². The van der Waals surface area contributed by atoms with Gasteiger partial charge in [-0.15, -0.1) is 10.2 Å². The SMILES string of the molecule is CC(C)Cc1nnc(N2CCC3(CC2)CC(CN2CCOCC2)OC3=O)s1. The Morgan fingerprint density at radius 2 is 1.93 bits per heavy atom. The van der Waals surface area contributed by atoms with Gasteiger partial charge in [-0.05, 0) is 18.8 Å². The molecule has 3 aliphatic rings. The molecule has 0 saturated carbocycles. The number of morpholine rings is 1. The zero-order valence-corrected chi connectivity index (χ0v) is 17.2. The molecule has 7 nitrogen and oxygen atoms in total. The number of anilines is 1. The van der Waals surface area contributed by atoms with Crippen molar-refractivity contribution in [2.75, 3.05) is 50.8 Å². The maximum Gasteiger partial charge on any atom is 0.312 e. The van der Waals surface area contributed by atoms with Crippen molar-refractivity contribution in [1.82, 2.24) is 15.1 Å². The van der Waals surface area contributed by atoms with Gasteiger partial charge < -0.3 is 14.4 Å². The van der Waals surface area contributed by atoms with Crippen molar-refractivity contribution < 1.29 is 14.3 Å². The highest BCUT2D eigenvalue weighted by atomic mass is 32.1. The number of carbonyl (C=O) groups is 1. The number of hydrogen-bond donors (Lipinski definition) is 0. The van der Waals surface area contributed by atoms with E-state index >= 15 is 0 Å². The Bertz CT molecular complexity index is 651. The first kappa shape index (κ1) is 19.1. The minimum Gasteiger partial charge on any atom is -0.461 e. The van der Waals surface area contributed by atoms with Crippen molar-refractivity contribution in [3.63, 3.8) is 0 Å². The molecular weight excluding hydrogens is 364 g/mol. The van der Waals surface area contributed by atoms with Crippen LogP contribution in [0.15, 0.2) is 0 Å². The minimum atomic E-state index is -0.293. The molecule has 1 unspecified atom stereocenters. The highest BCUT2D eigenvalue weighted by Gasteiger charge is 2.50. The number of esters is 1. The highest BCUT2D eigenvalue weighted by molar-refractivity contribution is 7.15. The van der Waals surface area contributed by atoms with Crippen LogP contribution in [0, 0.1) is 11.3 Å². The summed E-state index contributed by atoms with van der Waals surface area (Å²) in [5, 5.41) is 10.8. The van der Waals surface area contributed by atoms with Crippen LogP contribution in [0.1, 0.15) is 38.1 Å². The third-order valence-corrected chi connectivity index (χ3v) is 6.93. The Morgan fingerprint density at radius 1 is 1.19 bits per heavy atom. The predicted octanol–water partition coefficient (Wildman–Crippen LogP) is 1.97. The fraction of sp³-hybridized carbons (Fsp3) is 0.842. The molecule has 3 saturated heterocycles. The van der Waals surface area contributed by atoms with Gasteiger partial charge in [-0.3, -0.25) is 9.69 Å². The first-order valence-electron chi connectivity index (χ1n) is 10.1. The van der Waals surface area contributed by atoms with Crippen LogP contribution in [-0.4, -0.2) is 73.1 Å². The number of cyclic esters (lactones) is 1. The van der Waals surface area contributed by atoms with Gasteiger partial charge >= 0.3 is 5.97 Å². The fourth-order valence-corrected chi connectivity index (χ4v) is 5.45. The Labute approximate surface area is 165 Å². The van der Waals surface area contributed by atoms with E-state index in [-0.39, 0.29) is 17.5 Å². The van der Waals surface area contributed by atoms with Gasteiger partial charge in [0.15, 0.2) is 0 Å². The second-order valence-electron chi connectivity index (χ2n) is 8.49. The summed E-state index contributed by atoms with van der Waals surface area (Å²) in [6.07, 6.45) is 3.56. The summed E-state index contributed by atoms with van der Waals surface area (Å²) in [6.45, 7) is 10.4. The quantitative estimate of drug-likeness (QED) is 0.707. The van der Waals surface area contributed by atoms with Crippen molar-refractivity contribution in [3.05, 3.63) is 5.01 Å². The van der Waals surface area contributed by atoms with Gasteiger partial charge in [0, 0.05) is 45.6 Å². The predicted molar refractivity (Wildman–Crippen MR) is 104 cm³/mol. The molecule has 1 atom stereocenters. The third kappa shape index (κ3) is 4.27. The van der Waals surface area contributed by atoms with E-state index in [0.717, 1.165) is 81.8 Å². The van der Waals surface area contributed by atoms with E-state index in [9.17, 15) is 4.79 Å². The van der Waals surface area contributed by atoms with Gasteiger partial charge in [0.05, 0.1) is 18.6 Å². The van der Waals surface area contributed by atoms with Crippen LogP contribution in [0.2, 0.25) is 0 Å². The first-order chi connectivity index (χ1) is 13.0. The minimum absolute atomic E-state index is 0.0122. The van der Waals surface area contributed by atoms with Crippen LogP contribution in [-0.2, 0) is 20.7 Å². The van der Waals surface area contributed by atoms with Crippen molar-refractivity contribution in [2.45, 2.75) is 45.6 Å². The lowest BCUT2D eigenvalue weighted by atomic mass is 9.76. The van der Waals surface area contributed by atoms with Gasteiger partial charge in [-0.25, -0.2) is 0 Å². The lowest BCUT2D eigenvalue weighted by Gasteiger charge is -2.36. The number of piperidine rings is 1. The monoisotopic (exact) mass is 394 g/mol. The number of ether oxygens (including phenoxy) is 2. The molecule has 1 aromatic heterocycles. The Kier molecular flexibility index (Phi) is 5.66. The largest absolute Gasteiger partial charge is 0.461 e. The van der Waals surface area contributed by atoms with Crippen LogP contribution < -0.4 is 4.90 Å². The summed E-state index contributed by atoms with van der Waals surface area (Å²) in [4.78, 5) is 17.3. The van der Waals surface area contributed by atoms with Crippen molar-refractivity contribution in [2.24, 2.45) is 11.3 Å². The smallest absolute Gasteiger partial charge is 0.312 e. The van der Waals surface area contributed by atoms with Gasteiger partial charge in [-0.2, -0.15) is 0 Å². The van der Waals surface area contributed by atoms with Gasteiger partial charge in [0.1, 0.15) is 11.1 Å². The molecule has 150 valence electrons. The molecule has 0 bridgehead atoms. The lowest BCUT2D eigenvalue weighted by Crippen LogP contribution is -2.43. The van der Waals surface area contributed by atoms with Crippen LogP contribution >= 0.6 is 11.3 Å². The zero-order valence-electron chi connectivity index (χ0n) is 16.4. The number of rotatable bonds is 5. The Hall–Kier alpha value is -1.25. The molecule has 1 aromatic rings. The van der Waals surface area contributed by atoms with E-state index in [1.54, 1.807) is 11.3 Å². The number of nitrogens with zero attached hydrogens (tertiary/aromatic N) is 4. The van der Waals surface area contributed by atoms with Gasteiger partial charge in [-0.1, -0.05) is 25.2 Å². The molecule has 0 N–H and O–H groups in total. The molecular formula is C19H30N4O3S. The first-order valence-corrected chi connectivity index (χ1v) is 10.9. The molecule has 27 heavy (non-hydrogen) atoms. The Balaban J connectivity index is 1.32. The Morgan fingerprint density at radius 3 is 2.63 bits per heavy atom. The maximum atomic E-state index is 12.7. The van der Waals surface area contributed by atoms with E-state index in [1.165, 1.54) is 0 Å². The summed E-state index contributed by atoms with van der Waals surface area (Å²) >= 11 is 1.69. The van der Waals surface area contributed by atoms with Gasteiger partial charge in [0.2, 0.25) is 5.13 Å². The summed E-state index contributed by atoms with van der Waals surface area (Å²) in [5.41, 5.74) is -0.293. The molecule has 0 amide bonds. The molecule has 4 heterocycles. The number of carbonyl (C=O) groups excluding carboxylic acids is 1. The van der Waals surface area contributed by atoms with Crippen molar-refractivity contribution in [1.29, 1.82) is 0 Å². The molecule has 0 radical (unpaired) electrons. The average Bonchev–Trinajstić information content (AvgIpc) is 3.21. The van der Waals surface area contributed by atoms with Crippen LogP contribution in [0.25, 0.3) is 0 Å². The van der Waals surface area contributed by atoms with Crippen molar-refractivity contribution in [3.8, 4) is 0 Å². The van der Waals surface area contributed by atoms with E-state index in [0.29, 0.717) is 5.92 Å². The molecule has 1 spiro atoms. The van der Waals surface area contributed by atoms with E-state index < -0.39 is 0 Å². The fourth-order valence-electron chi connectivity index (χ4n) is 4.35. The van der Waals surface area contributed by atoms with Crippen LogP contribution in [0.5, 0.6) is 0 Å². The van der Waals surface area contributed by atoms with Crippen LogP contribution in [0.4, 0.5) is 5.13 Å². The van der Waals surface area contributed by atoms with Gasteiger partial charge in [0.25, 0.3) is 0 Å². The highest BCUT2D eigenvalue weighted by Crippen LogP contribution is 2.44. The zero-order chi connectivity index (χ0) is 18.9. The molecule has 4 rings (SSSR count). The van der Waals surface area contributed by atoms with Crippen molar-refractivity contribution >= 4 is 22.4 Å². The third-order valence-electron chi connectivity index (χ3n) is 5.92. The lowest BCUT2D eigenvalue weighted by molar-refractivity contribution is -0.150. The molecule has 8 heteroatoms. The van der Waals surface area contributed by atoms with E-state index in [2.05, 4.69) is 33.8 Å². The number of hydrogen-bond acceptors (Lipinski definition) is 8.